The Morgan fingerprint density at radius 2 is 2.29 bits per heavy atom. The molecule has 4 heteroatoms. The molecule has 0 aliphatic carbocycles. The third-order valence-electron chi connectivity index (χ3n) is 4.28. The van der Waals surface area contributed by atoms with Crippen molar-refractivity contribution in [1.29, 1.82) is 0 Å². The van der Waals surface area contributed by atoms with E-state index >= 15 is 0 Å². The summed E-state index contributed by atoms with van der Waals surface area (Å²) in [5, 5.41) is 13.0. The lowest BCUT2D eigenvalue weighted by atomic mass is 9.96. The Labute approximate surface area is 136 Å². The largest absolute Gasteiger partial charge is 0.396 e. The summed E-state index contributed by atoms with van der Waals surface area (Å²) in [5.74, 6) is 0.407. The van der Waals surface area contributed by atoms with Crippen LogP contribution >= 0.6 is 15.9 Å². The predicted octanol–water partition coefficient (Wildman–Crippen LogP) is 3.72. The molecule has 1 saturated heterocycles. The van der Waals surface area contributed by atoms with Gasteiger partial charge in [-0.3, -0.25) is 0 Å². The van der Waals surface area contributed by atoms with Gasteiger partial charge in [0.1, 0.15) is 0 Å². The number of hydrogen-bond acceptors (Lipinski definition) is 3. The normalized spacial score (nSPS) is 20.6. The van der Waals surface area contributed by atoms with Crippen LogP contribution in [-0.2, 0) is 0 Å². The second kappa shape index (κ2) is 8.16. The van der Waals surface area contributed by atoms with Crippen molar-refractivity contribution < 1.29 is 5.11 Å². The highest BCUT2D eigenvalue weighted by Crippen LogP contribution is 2.32. The Bertz CT molecular complexity index is 452. The molecule has 0 spiro atoms. The number of anilines is 1. The van der Waals surface area contributed by atoms with Crippen molar-refractivity contribution in [2.75, 3.05) is 31.1 Å². The number of nitrogens with one attached hydrogen (secondary N) is 1. The summed E-state index contributed by atoms with van der Waals surface area (Å²) >= 11 is 3.60. The third-order valence-corrected chi connectivity index (χ3v) is 4.77. The maximum atomic E-state index is 9.46. The number of aliphatic hydroxyl groups excluding tert-OH is 1. The van der Waals surface area contributed by atoms with Crippen molar-refractivity contribution in [2.45, 2.75) is 39.2 Å². The Kier molecular flexibility index (Phi) is 6.52. The van der Waals surface area contributed by atoms with Gasteiger partial charge in [-0.15, -0.1) is 0 Å². The van der Waals surface area contributed by atoms with Crippen LogP contribution in [0.25, 0.3) is 0 Å². The van der Waals surface area contributed by atoms with E-state index in [2.05, 4.69) is 58.2 Å². The molecule has 1 fully saturated rings. The van der Waals surface area contributed by atoms with E-state index in [-0.39, 0.29) is 0 Å². The molecule has 1 heterocycles. The smallest absolute Gasteiger partial charge is 0.0476 e. The molecule has 2 rings (SSSR count). The van der Waals surface area contributed by atoms with Crippen LogP contribution in [-0.4, -0.2) is 31.3 Å². The highest BCUT2D eigenvalue weighted by Gasteiger charge is 2.22. The molecule has 118 valence electrons. The first kappa shape index (κ1) is 16.8. The molecule has 2 unspecified atom stereocenters. The minimum Gasteiger partial charge on any atom is -0.396 e. The molecule has 0 saturated carbocycles. The lowest BCUT2D eigenvalue weighted by Crippen LogP contribution is -2.38. The second-order valence-corrected chi connectivity index (χ2v) is 6.93. The van der Waals surface area contributed by atoms with Gasteiger partial charge in [-0.2, -0.15) is 0 Å². The van der Waals surface area contributed by atoms with Gasteiger partial charge in [-0.25, -0.2) is 0 Å². The second-order valence-electron chi connectivity index (χ2n) is 6.02. The molecule has 1 aromatic rings. The Balaban J connectivity index is 2.22. The van der Waals surface area contributed by atoms with Gasteiger partial charge in [-0.1, -0.05) is 28.9 Å². The Morgan fingerprint density at radius 3 is 3.00 bits per heavy atom. The van der Waals surface area contributed by atoms with Gasteiger partial charge in [0.25, 0.3) is 0 Å². The molecule has 0 amide bonds. The number of piperidine rings is 1. The Hall–Kier alpha value is -0.580. The number of aliphatic hydroxyl groups is 1. The minimum atomic E-state index is 0.295. The van der Waals surface area contributed by atoms with E-state index in [1.165, 1.54) is 11.3 Å². The molecule has 0 bridgehead atoms. The highest BCUT2D eigenvalue weighted by atomic mass is 79.9. The Morgan fingerprint density at radius 1 is 1.48 bits per heavy atom. The maximum Gasteiger partial charge on any atom is 0.0476 e. The summed E-state index contributed by atoms with van der Waals surface area (Å²) in [6, 6.07) is 6.91. The van der Waals surface area contributed by atoms with E-state index in [1.54, 1.807) is 0 Å². The minimum absolute atomic E-state index is 0.295. The van der Waals surface area contributed by atoms with Gasteiger partial charge in [-0.05, 0) is 56.3 Å². The highest BCUT2D eigenvalue weighted by molar-refractivity contribution is 9.10. The first-order chi connectivity index (χ1) is 10.2. The summed E-state index contributed by atoms with van der Waals surface area (Å²) in [7, 11) is 0. The lowest BCUT2D eigenvalue weighted by molar-refractivity contribution is 0.208. The van der Waals surface area contributed by atoms with E-state index in [1.807, 2.05) is 0 Å². The molecule has 1 aliphatic heterocycles. The van der Waals surface area contributed by atoms with Crippen LogP contribution in [0.5, 0.6) is 0 Å². The SMILES string of the molecule is CCCNC(C)c1ccc(Br)cc1N1CCCC(CO)C1. The molecule has 2 atom stereocenters. The van der Waals surface area contributed by atoms with Crippen LogP contribution in [0.2, 0.25) is 0 Å². The fourth-order valence-electron chi connectivity index (χ4n) is 3.06. The zero-order valence-electron chi connectivity index (χ0n) is 13.1. The van der Waals surface area contributed by atoms with Gasteiger partial charge in [0.15, 0.2) is 0 Å². The van der Waals surface area contributed by atoms with Crippen LogP contribution in [0, 0.1) is 5.92 Å². The number of benzene rings is 1. The van der Waals surface area contributed by atoms with Crippen LogP contribution in [0.3, 0.4) is 0 Å². The summed E-state index contributed by atoms with van der Waals surface area (Å²) in [5.41, 5.74) is 2.66. The van der Waals surface area contributed by atoms with Crippen molar-refractivity contribution in [1.82, 2.24) is 5.32 Å². The number of halogens is 1. The molecule has 1 aliphatic rings. The fraction of sp³-hybridized carbons (Fsp3) is 0.647. The third kappa shape index (κ3) is 4.44. The summed E-state index contributed by atoms with van der Waals surface area (Å²) < 4.78 is 1.12. The molecule has 0 aromatic heterocycles. The zero-order chi connectivity index (χ0) is 15.2. The quantitative estimate of drug-likeness (QED) is 0.817. The van der Waals surface area contributed by atoms with Gasteiger partial charge in [0, 0.05) is 35.9 Å². The molecule has 0 radical (unpaired) electrons. The zero-order valence-corrected chi connectivity index (χ0v) is 14.7. The number of rotatable bonds is 6. The molecule has 21 heavy (non-hydrogen) atoms. The van der Waals surface area contributed by atoms with E-state index in [0.717, 1.165) is 43.4 Å². The van der Waals surface area contributed by atoms with E-state index in [4.69, 9.17) is 0 Å². The number of nitrogens with zero attached hydrogens (tertiary/aromatic N) is 1. The predicted molar refractivity (Wildman–Crippen MR) is 92.9 cm³/mol. The van der Waals surface area contributed by atoms with Gasteiger partial charge >= 0.3 is 0 Å². The summed E-state index contributed by atoms with van der Waals surface area (Å²) in [6.07, 6.45) is 3.44. The average molecular weight is 355 g/mol. The van der Waals surface area contributed by atoms with E-state index in [9.17, 15) is 5.11 Å². The maximum absolute atomic E-state index is 9.46. The van der Waals surface area contributed by atoms with Crippen molar-refractivity contribution >= 4 is 21.6 Å². The van der Waals surface area contributed by atoms with Crippen molar-refractivity contribution in [3.8, 4) is 0 Å². The van der Waals surface area contributed by atoms with Crippen molar-refractivity contribution in [3.05, 3.63) is 28.2 Å². The summed E-state index contributed by atoms with van der Waals surface area (Å²) in [6.45, 7) is 7.80. The van der Waals surface area contributed by atoms with Gasteiger partial charge < -0.3 is 15.3 Å². The lowest BCUT2D eigenvalue weighted by Gasteiger charge is -2.36. The monoisotopic (exact) mass is 354 g/mol. The molecular formula is C17H27BrN2O. The van der Waals surface area contributed by atoms with E-state index in [0.29, 0.717) is 18.6 Å². The van der Waals surface area contributed by atoms with Crippen LogP contribution in [0.1, 0.15) is 44.7 Å². The van der Waals surface area contributed by atoms with E-state index < -0.39 is 0 Å². The van der Waals surface area contributed by atoms with Crippen LogP contribution in [0.15, 0.2) is 22.7 Å². The molecule has 2 N–H and O–H groups in total. The van der Waals surface area contributed by atoms with Gasteiger partial charge in [0.2, 0.25) is 0 Å². The van der Waals surface area contributed by atoms with Crippen molar-refractivity contribution in [3.63, 3.8) is 0 Å². The van der Waals surface area contributed by atoms with Crippen LogP contribution < -0.4 is 10.2 Å². The molecular weight excluding hydrogens is 328 g/mol. The van der Waals surface area contributed by atoms with Crippen molar-refractivity contribution in [2.24, 2.45) is 5.92 Å². The van der Waals surface area contributed by atoms with Crippen LogP contribution in [0.4, 0.5) is 5.69 Å². The first-order valence-electron chi connectivity index (χ1n) is 8.04. The fourth-order valence-corrected chi connectivity index (χ4v) is 3.41. The summed E-state index contributed by atoms with van der Waals surface area (Å²) in [4.78, 5) is 2.44. The standard InChI is InChI=1S/C17H27BrN2O/c1-3-8-19-13(2)16-7-6-15(18)10-17(16)20-9-4-5-14(11-20)12-21/h6-7,10,13-14,19,21H,3-5,8-9,11-12H2,1-2H3. The molecule has 1 aromatic carbocycles. The molecule has 3 nitrogen and oxygen atoms in total. The number of hydrogen-bond donors (Lipinski definition) is 2. The first-order valence-corrected chi connectivity index (χ1v) is 8.83. The average Bonchev–Trinajstić information content (AvgIpc) is 2.52. The van der Waals surface area contributed by atoms with Gasteiger partial charge in [0.05, 0.1) is 0 Å². The topological polar surface area (TPSA) is 35.5 Å².